The number of fused-ring (bicyclic) bond motifs is 1. The molecule has 0 unspecified atom stereocenters. The van der Waals surface area contributed by atoms with E-state index in [1.54, 1.807) is 0 Å². The zero-order chi connectivity index (χ0) is 11.5. The molecule has 4 heteroatoms. The topological polar surface area (TPSA) is 51.8 Å². The molecule has 0 fully saturated rings. The van der Waals surface area contributed by atoms with E-state index < -0.39 is 0 Å². The summed E-state index contributed by atoms with van der Waals surface area (Å²) in [5, 5.41) is 0.912. The molecule has 3 nitrogen and oxygen atoms in total. The molecule has 0 aliphatic rings. The van der Waals surface area contributed by atoms with Gasteiger partial charge in [0, 0.05) is 16.3 Å². The van der Waals surface area contributed by atoms with Crippen LogP contribution >= 0.6 is 15.9 Å². The number of rotatable bonds is 3. The van der Waals surface area contributed by atoms with Crippen molar-refractivity contribution < 1.29 is 0 Å². The fourth-order valence-electron chi connectivity index (χ4n) is 1.62. The number of aryl methyl sites for hydroxylation is 1. The van der Waals surface area contributed by atoms with Gasteiger partial charge in [0.25, 0.3) is 0 Å². The third kappa shape index (κ3) is 2.32. The van der Waals surface area contributed by atoms with E-state index >= 15 is 0 Å². The smallest absolute Gasteiger partial charge is 0.135 e. The van der Waals surface area contributed by atoms with Crippen molar-refractivity contribution in [1.82, 2.24) is 9.97 Å². The molecule has 0 saturated carbocycles. The van der Waals surface area contributed by atoms with Gasteiger partial charge in [0.15, 0.2) is 0 Å². The van der Waals surface area contributed by atoms with Crippen molar-refractivity contribution in [2.75, 3.05) is 5.73 Å². The highest BCUT2D eigenvalue weighted by Crippen LogP contribution is 2.22. The van der Waals surface area contributed by atoms with Gasteiger partial charge in [-0.3, -0.25) is 0 Å². The standard InChI is InChI=1S/C12H14BrN3/c1-2-3-4-11-15-10-6-5-8(13)7-9(10)12(14)16-11/h5-7H,2-4H2,1H3,(H2,14,15,16). The average molecular weight is 280 g/mol. The van der Waals surface area contributed by atoms with Crippen LogP contribution in [0.2, 0.25) is 0 Å². The highest BCUT2D eigenvalue weighted by atomic mass is 79.9. The molecule has 0 bridgehead atoms. The van der Waals surface area contributed by atoms with Crippen molar-refractivity contribution in [2.24, 2.45) is 0 Å². The Labute approximate surface area is 103 Å². The molecule has 0 radical (unpaired) electrons. The maximum Gasteiger partial charge on any atom is 0.135 e. The Morgan fingerprint density at radius 3 is 2.88 bits per heavy atom. The van der Waals surface area contributed by atoms with Gasteiger partial charge in [-0.2, -0.15) is 0 Å². The molecule has 1 heterocycles. The molecular formula is C12H14BrN3. The lowest BCUT2D eigenvalue weighted by molar-refractivity contribution is 0.758. The second-order valence-electron chi connectivity index (χ2n) is 3.79. The lowest BCUT2D eigenvalue weighted by atomic mass is 10.2. The summed E-state index contributed by atoms with van der Waals surface area (Å²) in [6.07, 6.45) is 3.13. The highest BCUT2D eigenvalue weighted by molar-refractivity contribution is 9.10. The van der Waals surface area contributed by atoms with E-state index in [-0.39, 0.29) is 0 Å². The number of nitrogen functional groups attached to an aromatic ring is 1. The SMILES string of the molecule is CCCCc1nc(N)c2cc(Br)ccc2n1. The van der Waals surface area contributed by atoms with E-state index in [0.29, 0.717) is 5.82 Å². The molecular weight excluding hydrogens is 266 g/mol. The zero-order valence-electron chi connectivity index (χ0n) is 9.20. The maximum absolute atomic E-state index is 5.93. The van der Waals surface area contributed by atoms with E-state index in [1.165, 1.54) is 0 Å². The Hall–Kier alpha value is -1.16. The fraction of sp³-hybridized carbons (Fsp3) is 0.333. The van der Waals surface area contributed by atoms with Gasteiger partial charge in [-0.25, -0.2) is 9.97 Å². The van der Waals surface area contributed by atoms with Gasteiger partial charge in [-0.05, 0) is 24.6 Å². The lowest BCUT2D eigenvalue weighted by Gasteiger charge is -2.05. The summed E-state index contributed by atoms with van der Waals surface area (Å²) in [6.45, 7) is 2.15. The molecule has 0 aliphatic carbocycles. The van der Waals surface area contributed by atoms with Crippen molar-refractivity contribution in [3.8, 4) is 0 Å². The summed E-state index contributed by atoms with van der Waals surface area (Å²) >= 11 is 3.42. The normalized spacial score (nSPS) is 10.9. The number of unbranched alkanes of at least 4 members (excludes halogenated alkanes) is 1. The minimum absolute atomic E-state index is 0.567. The second-order valence-corrected chi connectivity index (χ2v) is 4.71. The van der Waals surface area contributed by atoms with Crippen LogP contribution in [0.15, 0.2) is 22.7 Å². The first-order chi connectivity index (χ1) is 7.70. The molecule has 2 aromatic rings. The zero-order valence-corrected chi connectivity index (χ0v) is 10.8. The highest BCUT2D eigenvalue weighted by Gasteiger charge is 2.05. The molecule has 1 aromatic heterocycles. The summed E-state index contributed by atoms with van der Waals surface area (Å²) in [5.74, 6) is 1.41. The summed E-state index contributed by atoms with van der Waals surface area (Å²) in [5.41, 5.74) is 6.84. The molecule has 0 saturated heterocycles. The van der Waals surface area contributed by atoms with E-state index in [0.717, 1.165) is 40.5 Å². The predicted octanol–water partition coefficient (Wildman–Crippen LogP) is 3.32. The second kappa shape index (κ2) is 4.78. The van der Waals surface area contributed by atoms with Gasteiger partial charge in [0.1, 0.15) is 11.6 Å². The first-order valence-electron chi connectivity index (χ1n) is 5.42. The number of halogens is 1. The van der Waals surface area contributed by atoms with Crippen molar-refractivity contribution >= 4 is 32.7 Å². The minimum atomic E-state index is 0.567. The number of hydrogen-bond donors (Lipinski definition) is 1. The largest absolute Gasteiger partial charge is 0.383 e. The Kier molecular flexibility index (Phi) is 3.39. The Morgan fingerprint density at radius 1 is 1.31 bits per heavy atom. The van der Waals surface area contributed by atoms with Crippen molar-refractivity contribution in [3.63, 3.8) is 0 Å². The van der Waals surface area contributed by atoms with Crippen molar-refractivity contribution in [3.05, 3.63) is 28.5 Å². The molecule has 0 aliphatic heterocycles. The molecule has 84 valence electrons. The summed E-state index contributed by atoms with van der Waals surface area (Å²) < 4.78 is 0.997. The number of anilines is 1. The van der Waals surface area contributed by atoms with Gasteiger partial charge in [0.2, 0.25) is 0 Å². The molecule has 2 N–H and O–H groups in total. The van der Waals surface area contributed by atoms with Crippen LogP contribution in [-0.4, -0.2) is 9.97 Å². The monoisotopic (exact) mass is 279 g/mol. The fourth-order valence-corrected chi connectivity index (χ4v) is 1.98. The molecule has 1 aromatic carbocycles. The first-order valence-corrected chi connectivity index (χ1v) is 6.21. The molecule has 0 amide bonds. The van der Waals surface area contributed by atoms with Gasteiger partial charge < -0.3 is 5.73 Å². The van der Waals surface area contributed by atoms with E-state index in [1.807, 2.05) is 18.2 Å². The quantitative estimate of drug-likeness (QED) is 0.938. The van der Waals surface area contributed by atoms with Gasteiger partial charge >= 0.3 is 0 Å². The van der Waals surface area contributed by atoms with Crippen LogP contribution in [0.4, 0.5) is 5.82 Å². The molecule has 0 spiro atoms. The number of nitrogens with two attached hydrogens (primary N) is 1. The van der Waals surface area contributed by atoms with Gasteiger partial charge in [-0.15, -0.1) is 0 Å². The third-order valence-corrected chi connectivity index (χ3v) is 2.98. The predicted molar refractivity (Wildman–Crippen MR) is 70.3 cm³/mol. The number of hydrogen-bond acceptors (Lipinski definition) is 3. The maximum atomic E-state index is 5.93. The summed E-state index contributed by atoms with van der Waals surface area (Å²) in [7, 11) is 0. The van der Waals surface area contributed by atoms with E-state index in [2.05, 4.69) is 32.8 Å². The van der Waals surface area contributed by atoms with Crippen LogP contribution in [0.3, 0.4) is 0 Å². The Balaban J connectivity index is 2.46. The van der Waals surface area contributed by atoms with Crippen molar-refractivity contribution in [2.45, 2.75) is 26.2 Å². The first kappa shape index (κ1) is 11.3. The molecule has 2 rings (SSSR count). The van der Waals surface area contributed by atoms with Crippen LogP contribution in [0.5, 0.6) is 0 Å². The summed E-state index contributed by atoms with van der Waals surface area (Å²) in [4.78, 5) is 8.83. The van der Waals surface area contributed by atoms with E-state index in [9.17, 15) is 0 Å². The van der Waals surface area contributed by atoms with Crippen LogP contribution in [0.1, 0.15) is 25.6 Å². The van der Waals surface area contributed by atoms with Gasteiger partial charge in [-0.1, -0.05) is 29.3 Å². The third-order valence-electron chi connectivity index (χ3n) is 2.49. The number of aromatic nitrogens is 2. The number of benzene rings is 1. The Morgan fingerprint density at radius 2 is 2.12 bits per heavy atom. The summed E-state index contributed by atoms with van der Waals surface area (Å²) in [6, 6.07) is 5.89. The van der Waals surface area contributed by atoms with E-state index in [4.69, 9.17) is 5.73 Å². The molecule has 0 atom stereocenters. The lowest BCUT2D eigenvalue weighted by Crippen LogP contribution is -2.01. The minimum Gasteiger partial charge on any atom is -0.383 e. The molecule has 16 heavy (non-hydrogen) atoms. The van der Waals surface area contributed by atoms with Crippen LogP contribution in [0.25, 0.3) is 10.9 Å². The van der Waals surface area contributed by atoms with Crippen LogP contribution in [0, 0.1) is 0 Å². The van der Waals surface area contributed by atoms with Crippen LogP contribution in [-0.2, 0) is 6.42 Å². The van der Waals surface area contributed by atoms with Crippen molar-refractivity contribution in [1.29, 1.82) is 0 Å². The Bertz CT molecular complexity index is 511. The van der Waals surface area contributed by atoms with Gasteiger partial charge in [0.05, 0.1) is 5.52 Å². The number of nitrogens with zero attached hydrogens (tertiary/aromatic N) is 2. The average Bonchev–Trinajstić information content (AvgIpc) is 2.27. The van der Waals surface area contributed by atoms with Crippen LogP contribution < -0.4 is 5.73 Å².